The number of fused-ring (bicyclic) bond motifs is 3. The standard InChI is InChI=1S/C23H26ClN7O2/c1-13-7-10-17-18(19(13)33-4)28-21(22-30-29-15(3)31(17)22)25-11-5-6-12-26-23(32)16-9-8-14(2)27-20(16)24/h7-10H,5-6,11-12H2,1-4H3,(H,25,28)(H,26,32). The van der Waals surface area contributed by atoms with Crippen molar-refractivity contribution in [3.8, 4) is 5.75 Å². The number of unbranched alkanes of at least 4 members (excludes halogenated alkanes) is 1. The van der Waals surface area contributed by atoms with Crippen LogP contribution in [0.5, 0.6) is 5.75 Å². The zero-order valence-electron chi connectivity index (χ0n) is 19.1. The van der Waals surface area contributed by atoms with Gasteiger partial charge in [0.2, 0.25) is 5.65 Å². The zero-order valence-corrected chi connectivity index (χ0v) is 19.8. The maximum absolute atomic E-state index is 12.3. The summed E-state index contributed by atoms with van der Waals surface area (Å²) in [6, 6.07) is 7.47. The van der Waals surface area contributed by atoms with Gasteiger partial charge in [0.1, 0.15) is 22.2 Å². The number of rotatable bonds is 8. The molecule has 1 aromatic carbocycles. The van der Waals surface area contributed by atoms with Crippen LogP contribution < -0.4 is 15.4 Å². The highest BCUT2D eigenvalue weighted by atomic mass is 35.5. The number of halogens is 1. The van der Waals surface area contributed by atoms with E-state index in [1.54, 1.807) is 19.2 Å². The van der Waals surface area contributed by atoms with E-state index in [0.717, 1.165) is 46.7 Å². The first-order valence-electron chi connectivity index (χ1n) is 10.7. The number of aromatic nitrogens is 5. The maximum Gasteiger partial charge on any atom is 0.254 e. The van der Waals surface area contributed by atoms with Gasteiger partial charge in [0.15, 0.2) is 5.82 Å². The van der Waals surface area contributed by atoms with Gasteiger partial charge in [-0.15, -0.1) is 10.2 Å². The lowest BCUT2D eigenvalue weighted by atomic mass is 10.2. The first-order chi connectivity index (χ1) is 15.9. The van der Waals surface area contributed by atoms with Gasteiger partial charge in [0, 0.05) is 18.8 Å². The fourth-order valence-electron chi connectivity index (χ4n) is 3.74. The Labute approximate surface area is 196 Å². The van der Waals surface area contributed by atoms with Crippen molar-refractivity contribution < 1.29 is 9.53 Å². The lowest BCUT2D eigenvalue weighted by Gasteiger charge is -2.13. The first kappa shape index (κ1) is 22.7. The normalized spacial score (nSPS) is 11.2. The summed E-state index contributed by atoms with van der Waals surface area (Å²) < 4.78 is 7.59. The van der Waals surface area contributed by atoms with Gasteiger partial charge < -0.3 is 15.4 Å². The molecule has 0 saturated heterocycles. The Morgan fingerprint density at radius 3 is 2.61 bits per heavy atom. The number of benzene rings is 1. The van der Waals surface area contributed by atoms with Crippen molar-refractivity contribution in [2.75, 3.05) is 25.5 Å². The SMILES string of the molecule is COc1c(C)ccc2c1nc(NCCCCNC(=O)c1ccc(C)nc1Cl)c1nnc(C)n12. The summed E-state index contributed by atoms with van der Waals surface area (Å²) in [6.07, 6.45) is 1.61. The van der Waals surface area contributed by atoms with Crippen LogP contribution in [0.15, 0.2) is 24.3 Å². The molecule has 10 heteroatoms. The second kappa shape index (κ2) is 9.58. The van der Waals surface area contributed by atoms with Gasteiger partial charge in [-0.1, -0.05) is 17.7 Å². The number of ether oxygens (including phenoxy) is 1. The summed E-state index contributed by atoms with van der Waals surface area (Å²) in [7, 11) is 1.65. The van der Waals surface area contributed by atoms with Crippen molar-refractivity contribution in [2.45, 2.75) is 33.6 Å². The second-order valence-electron chi connectivity index (χ2n) is 7.83. The van der Waals surface area contributed by atoms with Crippen LogP contribution in [-0.2, 0) is 0 Å². The number of anilines is 1. The number of nitrogens with zero attached hydrogens (tertiary/aromatic N) is 5. The van der Waals surface area contributed by atoms with Gasteiger partial charge >= 0.3 is 0 Å². The molecule has 3 aromatic heterocycles. The number of methoxy groups -OCH3 is 1. The van der Waals surface area contributed by atoms with Crippen LogP contribution >= 0.6 is 11.6 Å². The zero-order chi connectivity index (χ0) is 23.5. The van der Waals surface area contributed by atoms with Crippen molar-refractivity contribution in [1.29, 1.82) is 0 Å². The number of amides is 1. The van der Waals surface area contributed by atoms with E-state index in [-0.39, 0.29) is 11.1 Å². The molecule has 4 aromatic rings. The van der Waals surface area contributed by atoms with Crippen LogP contribution in [0.3, 0.4) is 0 Å². The van der Waals surface area contributed by atoms with Crippen LogP contribution in [0, 0.1) is 20.8 Å². The third-order valence-electron chi connectivity index (χ3n) is 5.43. The van der Waals surface area contributed by atoms with Crippen LogP contribution in [0.4, 0.5) is 5.82 Å². The molecule has 0 unspecified atom stereocenters. The number of nitrogens with one attached hydrogen (secondary N) is 2. The van der Waals surface area contributed by atoms with Gasteiger partial charge in [0.05, 0.1) is 18.2 Å². The van der Waals surface area contributed by atoms with Gasteiger partial charge in [-0.3, -0.25) is 9.20 Å². The Bertz CT molecular complexity index is 1340. The monoisotopic (exact) mass is 467 g/mol. The topological polar surface area (TPSA) is 106 Å². The fraction of sp³-hybridized carbons (Fsp3) is 0.348. The predicted octanol–water partition coefficient (Wildman–Crippen LogP) is 3.88. The Morgan fingerprint density at radius 1 is 1.06 bits per heavy atom. The number of aryl methyl sites for hydroxylation is 3. The third kappa shape index (κ3) is 4.54. The number of hydrogen-bond donors (Lipinski definition) is 2. The average Bonchev–Trinajstić information content (AvgIpc) is 3.17. The molecule has 1 amide bonds. The molecule has 0 bridgehead atoms. The molecule has 0 aliphatic rings. The lowest BCUT2D eigenvalue weighted by Crippen LogP contribution is -2.25. The molecule has 9 nitrogen and oxygen atoms in total. The minimum atomic E-state index is -0.222. The molecule has 3 heterocycles. The van der Waals surface area contributed by atoms with Gasteiger partial charge in [-0.05, 0) is 57.4 Å². The van der Waals surface area contributed by atoms with E-state index in [1.165, 1.54) is 0 Å². The molecular weight excluding hydrogens is 442 g/mol. The van der Waals surface area contributed by atoms with Gasteiger partial charge in [-0.25, -0.2) is 9.97 Å². The van der Waals surface area contributed by atoms with Crippen LogP contribution in [0.2, 0.25) is 5.15 Å². The third-order valence-corrected chi connectivity index (χ3v) is 5.71. The molecule has 4 rings (SSSR count). The summed E-state index contributed by atoms with van der Waals surface area (Å²) in [6.45, 7) is 6.93. The van der Waals surface area contributed by atoms with E-state index in [1.807, 2.05) is 37.3 Å². The molecule has 0 saturated carbocycles. The summed E-state index contributed by atoms with van der Waals surface area (Å²) in [5.74, 6) is 1.93. The highest BCUT2D eigenvalue weighted by Crippen LogP contribution is 2.31. The minimum Gasteiger partial charge on any atom is -0.494 e. The van der Waals surface area contributed by atoms with E-state index in [0.29, 0.717) is 30.1 Å². The fourth-order valence-corrected chi connectivity index (χ4v) is 4.02. The Morgan fingerprint density at radius 2 is 1.85 bits per heavy atom. The lowest BCUT2D eigenvalue weighted by molar-refractivity contribution is 0.0953. The summed E-state index contributed by atoms with van der Waals surface area (Å²) in [5.41, 5.74) is 4.48. The van der Waals surface area contributed by atoms with Crippen LogP contribution in [-0.4, -0.2) is 50.7 Å². The van der Waals surface area contributed by atoms with Crippen molar-refractivity contribution in [2.24, 2.45) is 0 Å². The molecule has 33 heavy (non-hydrogen) atoms. The van der Waals surface area contributed by atoms with Gasteiger partial charge in [0.25, 0.3) is 5.91 Å². The highest BCUT2D eigenvalue weighted by molar-refractivity contribution is 6.32. The summed E-state index contributed by atoms with van der Waals surface area (Å²) >= 11 is 6.07. The predicted molar refractivity (Wildman–Crippen MR) is 128 cm³/mol. The van der Waals surface area contributed by atoms with E-state index in [2.05, 4.69) is 25.8 Å². The van der Waals surface area contributed by atoms with Crippen LogP contribution in [0.25, 0.3) is 16.7 Å². The van der Waals surface area contributed by atoms with Gasteiger partial charge in [-0.2, -0.15) is 0 Å². The van der Waals surface area contributed by atoms with E-state index >= 15 is 0 Å². The summed E-state index contributed by atoms with van der Waals surface area (Å²) in [4.78, 5) is 21.2. The summed E-state index contributed by atoms with van der Waals surface area (Å²) in [5, 5.41) is 15.0. The number of carbonyl (C=O) groups excluding carboxylic acids is 1. The molecular formula is C23H26ClN7O2. The molecule has 2 N–H and O–H groups in total. The van der Waals surface area contributed by atoms with Crippen LogP contribution in [0.1, 0.15) is 40.3 Å². The molecule has 0 fully saturated rings. The first-order valence-corrected chi connectivity index (χ1v) is 11.1. The second-order valence-corrected chi connectivity index (χ2v) is 8.19. The van der Waals surface area contributed by atoms with E-state index in [4.69, 9.17) is 21.3 Å². The van der Waals surface area contributed by atoms with Crippen molar-refractivity contribution in [1.82, 2.24) is 29.9 Å². The molecule has 0 aliphatic carbocycles. The average molecular weight is 468 g/mol. The van der Waals surface area contributed by atoms with E-state index in [9.17, 15) is 4.79 Å². The maximum atomic E-state index is 12.3. The number of pyridine rings is 1. The number of carbonyl (C=O) groups is 1. The molecule has 0 radical (unpaired) electrons. The molecule has 0 aliphatic heterocycles. The minimum absolute atomic E-state index is 0.217. The smallest absolute Gasteiger partial charge is 0.254 e. The molecule has 0 spiro atoms. The van der Waals surface area contributed by atoms with Crippen molar-refractivity contribution >= 4 is 40.0 Å². The quantitative estimate of drug-likeness (QED) is 0.299. The largest absolute Gasteiger partial charge is 0.494 e. The van der Waals surface area contributed by atoms with E-state index < -0.39 is 0 Å². The highest BCUT2D eigenvalue weighted by Gasteiger charge is 2.17. The van der Waals surface area contributed by atoms with Crippen molar-refractivity contribution in [3.63, 3.8) is 0 Å². The Hall–Kier alpha value is -3.46. The number of hydrogen-bond acceptors (Lipinski definition) is 7. The Balaban J connectivity index is 1.40. The Kier molecular flexibility index (Phi) is 6.60. The molecule has 172 valence electrons. The van der Waals surface area contributed by atoms with Crippen molar-refractivity contribution in [3.05, 3.63) is 52.1 Å². The molecule has 0 atom stereocenters.